The van der Waals surface area contributed by atoms with E-state index < -0.39 is 0 Å². The summed E-state index contributed by atoms with van der Waals surface area (Å²) < 4.78 is 12.5. The number of unbranched alkanes of at least 4 members (excludes halogenated alkanes) is 1. The normalized spacial score (nSPS) is 21.6. The number of phenols is 1. The first kappa shape index (κ1) is 29.4. The molecular formula is C33H48N2O4. The third-order valence-electron chi connectivity index (χ3n) is 8.30. The van der Waals surface area contributed by atoms with Crippen LogP contribution in [0, 0.1) is 23.7 Å². The monoisotopic (exact) mass is 536 g/mol. The van der Waals surface area contributed by atoms with E-state index in [9.17, 15) is 10.2 Å². The average Bonchev–Trinajstić information content (AvgIpc) is 3.61. The van der Waals surface area contributed by atoms with Gasteiger partial charge in [0.1, 0.15) is 30.2 Å². The van der Waals surface area contributed by atoms with Crippen molar-refractivity contribution in [2.75, 3.05) is 19.7 Å². The van der Waals surface area contributed by atoms with Crippen molar-refractivity contribution in [3.8, 4) is 11.5 Å². The maximum Gasteiger partial charge on any atom is 0.184 e. The van der Waals surface area contributed by atoms with Gasteiger partial charge in [-0.15, -0.1) is 4.99 Å². The standard InChI is InChI=1S/C33H48N2O4/c1-4-5-9-28-13-14-29(39-28)12-10-26-11-15-30(37)31(18-26)38-23-33(16-7-6-8-17-33)32-19-27(22-35-32)24(2)20-34-21-25(3)36/h11,13-15,18-19,22,24-25,28,34,36-37H,4-10,12,16-17,20-21,23H2,1-3H3/t24-,25+,28?/m1/s1. The number of allylic oxidation sites excluding steroid dienone is 2. The van der Waals surface area contributed by atoms with Crippen molar-refractivity contribution in [1.82, 2.24) is 5.32 Å². The Kier molecular flexibility index (Phi) is 10.7. The van der Waals surface area contributed by atoms with Gasteiger partial charge in [-0.05, 0) is 57.2 Å². The molecule has 0 aromatic heterocycles. The van der Waals surface area contributed by atoms with Crippen LogP contribution >= 0.6 is 0 Å². The second-order valence-corrected chi connectivity index (χ2v) is 11.8. The van der Waals surface area contributed by atoms with Crippen molar-refractivity contribution < 1.29 is 19.7 Å². The Morgan fingerprint density at radius 1 is 1.21 bits per heavy atom. The highest BCUT2D eigenvalue weighted by atomic mass is 16.5. The summed E-state index contributed by atoms with van der Waals surface area (Å²) in [6.45, 7) is 8.10. The number of phenolic OH excluding ortho intramolecular Hbond substituents is 1. The molecule has 0 amide bonds. The van der Waals surface area contributed by atoms with E-state index in [1.807, 2.05) is 18.3 Å². The molecule has 2 heterocycles. The minimum atomic E-state index is -0.349. The van der Waals surface area contributed by atoms with E-state index in [0.717, 1.165) is 68.5 Å². The van der Waals surface area contributed by atoms with Gasteiger partial charge in [0.05, 0.1) is 12.0 Å². The number of aryl methyl sites for hydroxylation is 1. The lowest BCUT2D eigenvalue weighted by Crippen LogP contribution is -2.33. The fourth-order valence-corrected chi connectivity index (χ4v) is 5.77. The molecule has 4 rings (SSSR count). The lowest BCUT2D eigenvalue weighted by molar-refractivity contribution is 0.128. The summed E-state index contributed by atoms with van der Waals surface area (Å²) in [4.78, 5) is 4.88. The lowest BCUT2D eigenvalue weighted by atomic mass is 9.72. The average molecular weight is 537 g/mol. The molecule has 3 aliphatic rings. The third-order valence-corrected chi connectivity index (χ3v) is 8.30. The predicted octanol–water partition coefficient (Wildman–Crippen LogP) is 6.48. The highest BCUT2D eigenvalue weighted by Crippen LogP contribution is 2.46. The zero-order valence-electron chi connectivity index (χ0n) is 24.1. The van der Waals surface area contributed by atoms with Crippen LogP contribution in [0.4, 0.5) is 0 Å². The summed E-state index contributed by atoms with van der Waals surface area (Å²) in [6.07, 6.45) is 19.2. The van der Waals surface area contributed by atoms with Crippen molar-refractivity contribution in [3.05, 3.63) is 59.7 Å². The Labute approximate surface area is 235 Å². The van der Waals surface area contributed by atoms with E-state index in [0.29, 0.717) is 24.8 Å². The van der Waals surface area contributed by atoms with E-state index >= 15 is 0 Å². The molecule has 3 N–H and O–H groups in total. The van der Waals surface area contributed by atoms with Gasteiger partial charge >= 0.3 is 0 Å². The van der Waals surface area contributed by atoms with E-state index in [2.05, 4.69) is 37.7 Å². The molecule has 39 heavy (non-hydrogen) atoms. The molecule has 0 bridgehead atoms. The fourth-order valence-electron chi connectivity index (χ4n) is 5.77. The van der Waals surface area contributed by atoms with Crippen LogP contribution in [-0.2, 0) is 11.2 Å². The minimum absolute atomic E-state index is 0.141. The molecule has 6 heteroatoms. The van der Waals surface area contributed by atoms with Gasteiger partial charge in [-0.1, -0.05) is 57.3 Å². The van der Waals surface area contributed by atoms with Gasteiger partial charge in [0.2, 0.25) is 0 Å². The summed E-state index contributed by atoms with van der Waals surface area (Å²) in [5.74, 6) is 3.30. The van der Waals surface area contributed by atoms with Crippen LogP contribution in [0.3, 0.4) is 0 Å². The summed E-state index contributed by atoms with van der Waals surface area (Å²) in [5, 5.41) is 23.5. The summed E-state index contributed by atoms with van der Waals surface area (Å²) in [6, 6.07) is 5.71. The Hall–Kier alpha value is -2.57. The first-order valence-corrected chi connectivity index (χ1v) is 15.1. The number of aliphatic hydroxyl groups is 1. The summed E-state index contributed by atoms with van der Waals surface area (Å²) in [7, 11) is 0. The first-order valence-electron chi connectivity index (χ1n) is 15.1. The second-order valence-electron chi connectivity index (χ2n) is 11.8. The highest BCUT2D eigenvalue weighted by molar-refractivity contribution is 5.83. The molecule has 1 saturated carbocycles. The molecule has 1 unspecified atom stereocenters. The van der Waals surface area contributed by atoms with Crippen LogP contribution in [0.25, 0.3) is 0 Å². The van der Waals surface area contributed by atoms with Gasteiger partial charge < -0.3 is 25.0 Å². The predicted molar refractivity (Wildman–Crippen MR) is 158 cm³/mol. The molecule has 1 aromatic carbocycles. The molecular weight excluding hydrogens is 488 g/mol. The SMILES string of the molecule is CCCCC1[CH-]C=C(CCc2ccc(O)c(OCC3(C4=C[C+]([C@H](C)CNC[C@H](C)O)C=N4)CCCCC3)c2)O1. The number of aliphatic hydroxyl groups excluding tert-OH is 1. The Morgan fingerprint density at radius 3 is 2.79 bits per heavy atom. The molecule has 2 aliphatic heterocycles. The molecule has 0 radical (unpaired) electrons. The number of rotatable bonds is 15. The smallest absolute Gasteiger partial charge is 0.184 e. The van der Waals surface area contributed by atoms with Gasteiger partial charge in [0.25, 0.3) is 0 Å². The maximum atomic E-state index is 10.6. The zero-order valence-corrected chi connectivity index (χ0v) is 24.1. The number of nitrogens with one attached hydrogen (secondary N) is 1. The minimum Gasteiger partial charge on any atom is -0.592 e. The maximum absolute atomic E-state index is 10.6. The largest absolute Gasteiger partial charge is 0.592 e. The molecule has 0 saturated heterocycles. The van der Waals surface area contributed by atoms with Gasteiger partial charge in [0, 0.05) is 19.2 Å². The quantitative estimate of drug-likeness (QED) is 0.224. The topological polar surface area (TPSA) is 83.3 Å². The second kappa shape index (κ2) is 14.2. The lowest BCUT2D eigenvalue weighted by Gasteiger charge is -2.32. The Bertz CT molecular complexity index is 1010. The molecule has 3 atom stereocenters. The van der Waals surface area contributed by atoms with Crippen molar-refractivity contribution in [2.24, 2.45) is 16.3 Å². The molecule has 6 nitrogen and oxygen atoms in total. The van der Waals surface area contributed by atoms with Gasteiger partial charge in [-0.25, -0.2) is 0 Å². The first-order chi connectivity index (χ1) is 18.9. The number of aromatic hydroxyl groups is 1. The highest BCUT2D eigenvalue weighted by Gasteiger charge is 2.45. The van der Waals surface area contributed by atoms with Crippen LogP contribution in [0.5, 0.6) is 11.5 Å². The number of hydrogen-bond donors (Lipinski definition) is 3. The van der Waals surface area contributed by atoms with Crippen LogP contribution in [0.2, 0.25) is 0 Å². The molecule has 214 valence electrons. The third kappa shape index (κ3) is 8.21. The van der Waals surface area contributed by atoms with Crippen molar-refractivity contribution >= 4 is 6.21 Å². The summed E-state index contributed by atoms with van der Waals surface area (Å²) in [5.41, 5.74) is 2.10. The Balaban J connectivity index is 1.36. The van der Waals surface area contributed by atoms with Crippen LogP contribution in [0.15, 0.2) is 46.8 Å². The van der Waals surface area contributed by atoms with Gasteiger partial charge in [-0.2, -0.15) is 12.5 Å². The van der Waals surface area contributed by atoms with Crippen molar-refractivity contribution in [1.29, 1.82) is 0 Å². The van der Waals surface area contributed by atoms with E-state index in [4.69, 9.17) is 14.5 Å². The molecule has 0 spiro atoms. The number of ether oxygens (including phenoxy) is 2. The van der Waals surface area contributed by atoms with Crippen LogP contribution < -0.4 is 10.1 Å². The molecule has 1 aliphatic carbocycles. The summed E-state index contributed by atoms with van der Waals surface area (Å²) >= 11 is 0. The molecule has 1 aromatic rings. The number of nitrogens with zero attached hydrogens (tertiary/aromatic N) is 1. The van der Waals surface area contributed by atoms with E-state index in [-0.39, 0.29) is 23.4 Å². The molecule has 1 fully saturated rings. The number of hydrogen-bond acceptors (Lipinski definition) is 6. The fraction of sp³-hybridized carbons (Fsp3) is 0.606. The van der Waals surface area contributed by atoms with Crippen molar-refractivity contribution in [3.63, 3.8) is 0 Å². The Morgan fingerprint density at radius 2 is 2.03 bits per heavy atom. The zero-order chi connectivity index (χ0) is 27.7. The van der Waals surface area contributed by atoms with E-state index in [1.165, 1.54) is 25.2 Å². The van der Waals surface area contributed by atoms with Crippen LogP contribution in [0.1, 0.15) is 84.1 Å². The van der Waals surface area contributed by atoms with Crippen molar-refractivity contribution in [2.45, 2.75) is 97.2 Å². The van der Waals surface area contributed by atoms with Crippen LogP contribution in [-0.4, -0.2) is 48.3 Å². The van der Waals surface area contributed by atoms with Gasteiger partial charge in [0.15, 0.2) is 17.2 Å². The number of aliphatic imine (C=N–C) groups is 1. The van der Waals surface area contributed by atoms with Gasteiger partial charge in [-0.3, -0.25) is 0 Å². The van der Waals surface area contributed by atoms with E-state index in [1.54, 1.807) is 13.0 Å². The number of benzene rings is 1.